The van der Waals surface area contributed by atoms with Crippen LogP contribution in [0.15, 0.2) is 42.7 Å². The second-order valence-corrected chi connectivity index (χ2v) is 6.22. The summed E-state index contributed by atoms with van der Waals surface area (Å²) in [6.45, 7) is 5.21. The van der Waals surface area contributed by atoms with Crippen molar-refractivity contribution in [2.75, 3.05) is 0 Å². The summed E-state index contributed by atoms with van der Waals surface area (Å²) in [7, 11) is 0. The lowest BCUT2D eigenvalue weighted by atomic mass is 10.0. The van der Waals surface area contributed by atoms with E-state index in [1.54, 1.807) is 45.2 Å². The smallest absolute Gasteiger partial charge is 0.408 e. The maximum absolute atomic E-state index is 13.0. The summed E-state index contributed by atoms with van der Waals surface area (Å²) in [5.74, 6) is -0.513. The number of carbonyl (C=O) groups is 1. The van der Waals surface area contributed by atoms with Crippen LogP contribution in [0.2, 0.25) is 0 Å². The van der Waals surface area contributed by atoms with Crippen LogP contribution in [0.3, 0.4) is 0 Å². The molecule has 2 rings (SSSR count). The zero-order valence-corrected chi connectivity index (χ0v) is 13.7. The fraction of sp³-hybridized carbons (Fsp3) is 0.353. The number of nitrogens with zero attached hydrogens (tertiary/aromatic N) is 2. The lowest BCUT2D eigenvalue weighted by molar-refractivity contribution is 0.0411. The summed E-state index contributed by atoms with van der Waals surface area (Å²) >= 11 is 0. The standard InChI is InChI=1S/C17H20FN3O3/c1-17(2,3)24-16(23)21-14(12-6-4-5-9-19-12)15(22)13-8-7-11(18)10-20-13/h4-10,14-15,22H,1-3H3,(H,21,23). The van der Waals surface area contributed by atoms with Gasteiger partial charge >= 0.3 is 6.09 Å². The molecule has 7 heteroatoms. The number of hydrogen-bond acceptors (Lipinski definition) is 5. The highest BCUT2D eigenvalue weighted by molar-refractivity contribution is 5.68. The molecule has 0 aliphatic heterocycles. The SMILES string of the molecule is CC(C)(C)OC(=O)NC(c1ccccn1)C(O)c1ccc(F)cn1. The number of aromatic nitrogens is 2. The molecule has 24 heavy (non-hydrogen) atoms. The largest absolute Gasteiger partial charge is 0.444 e. The average Bonchev–Trinajstić information content (AvgIpc) is 2.52. The van der Waals surface area contributed by atoms with Crippen LogP contribution >= 0.6 is 0 Å². The third kappa shape index (κ3) is 4.99. The first-order valence-electron chi connectivity index (χ1n) is 7.46. The summed E-state index contributed by atoms with van der Waals surface area (Å²) in [5, 5.41) is 13.2. The van der Waals surface area contributed by atoms with Gasteiger partial charge in [0.05, 0.1) is 17.6 Å². The first-order valence-corrected chi connectivity index (χ1v) is 7.46. The number of hydrogen-bond donors (Lipinski definition) is 2. The van der Waals surface area contributed by atoms with E-state index in [4.69, 9.17) is 4.74 Å². The Balaban J connectivity index is 2.26. The predicted molar refractivity (Wildman–Crippen MR) is 85.5 cm³/mol. The Bertz CT molecular complexity index is 672. The van der Waals surface area contributed by atoms with Gasteiger partial charge in [-0.3, -0.25) is 9.97 Å². The number of pyridine rings is 2. The molecule has 0 spiro atoms. The molecule has 2 aromatic rings. The third-order valence-electron chi connectivity index (χ3n) is 3.05. The third-order valence-corrected chi connectivity index (χ3v) is 3.05. The van der Waals surface area contributed by atoms with Gasteiger partial charge in [-0.1, -0.05) is 6.07 Å². The minimum Gasteiger partial charge on any atom is -0.444 e. The fourth-order valence-corrected chi connectivity index (χ4v) is 2.04. The summed E-state index contributed by atoms with van der Waals surface area (Å²) in [5.41, 5.74) is -0.0391. The summed E-state index contributed by atoms with van der Waals surface area (Å²) < 4.78 is 18.2. The normalized spacial score (nSPS) is 13.9. The van der Waals surface area contributed by atoms with Crippen molar-refractivity contribution in [3.63, 3.8) is 0 Å². The van der Waals surface area contributed by atoms with Crippen molar-refractivity contribution in [2.45, 2.75) is 38.5 Å². The molecule has 2 heterocycles. The summed E-state index contributed by atoms with van der Waals surface area (Å²) in [6.07, 6.45) is 0.637. The lowest BCUT2D eigenvalue weighted by Gasteiger charge is -2.26. The van der Waals surface area contributed by atoms with Crippen LogP contribution in [0, 0.1) is 5.82 Å². The van der Waals surface area contributed by atoms with E-state index in [-0.39, 0.29) is 5.69 Å². The van der Waals surface area contributed by atoms with E-state index in [0.717, 1.165) is 6.20 Å². The molecular weight excluding hydrogens is 313 g/mol. The molecule has 0 saturated heterocycles. The van der Waals surface area contributed by atoms with Crippen LogP contribution in [0.1, 0.15) is 44.3 Å². The first kappa shape index (κ1) is 17.8. The van der Waals surface area contributed by atoms with Gasteiger partial charge in [0.1, 0.15) is 23.6 Å². The molecule has 1 amide bonds. The number of rotatable bonds is 4. The summed E-state index contributed by atoms with van der Waals surface area (Å²) in [6, 6.07) is 6.77. The molecule has 0 fully saturated rings. The monoisotopic (exact) mass is 333 g/mol. The van der Waals surface area contributed by atoms with Crippen molar-refractivity contribution in [3.8, 4) is 0 Å². The average molecular weight is 333 g/mol. The molecule has 0 saturated carbocycles. The quantitative estimate of drug-likeness (QED) is 0.899. The molecule has 2 unspecified atom stereocenters. The van der Waals surface area contributed by atoms with Crippen molar-refractivity contribution in [3.05, 3.63) is 59.9 Å². The molecule has 0 aliphatic rings. The molecule has 0 bridgehead atoms. The molecule has 0 aromatic carbocycles. The van der Waals surface area contributed by atoms with Gasteiger partial charge in [0, 0.05) is 6.20 Å². The Morgan fingerprint density at radius 3 is 2.50 bits per heavy atom. The first-order chi connectivity index (χ1) is 11.3. The number of alkyl carbamates (subject to hydrolysis) is 1. The minimum atomic E-state index is -1.21. The van der Waals surface area contributed by atoms with Gasteiger partial charge in [-0.25, -0.2) is 9.18 Å². The van der Waals surface area contributed by atoms with Gasteiger partial charge in [0.15, 0.2) is 0 Å². The minimum absolute atomic E-state index is 0.211. The van der Waals surface area contributed by atoms with E-state index >= 15 is 0 Å². The Labute approximate surface area is 139 Å². The predicted octanol–water partition coefficient (Wildman–Crippen LogP) is 2.92. The van der Waals surface area contributed by atoms with Crippen molar-refractivity contribution in [2.24, 2.45) is 0 Å². The maximum atomic E-state index is 13.0. The van der Waals surface area contributed by atoms with E-state index in [0.29, 0.717) is 5.69 Å². The Kier molecular flexibility index (Phi) is 5.46. The van der Waals surface area contributed by atoms with Crippen LogP contribution in [-0.4, -0.2) is 26.8 Å². The van der Waals surface area contributed by atoms with Crippen LogP contribution in [-0.2, 0) is 4.74 Å². The second-order valence-electron chi connectivity index (χ2n) is 6.22. The zero-order chi connectivity index (χ0) is 17.7. The number of nitrogens with one attached hydrogen (secondary N) is 1. The van der Waals surface area contributed by atoms with Crippen molar-refractivity contribution < 1.29 is 19.0 Å². The van der Waals surface area contributed by atoms with E-state index in [9.17, 15) is 14.3 Å². The van der Waals surface area contributed by atoms with Crippen molar-refractivity contribution in [1.29, 1.82) is 0 Å². The molecule has 2 N–H and O–H groups in total. The number of amides is 1. The molecular formula is C17H20FN3O3. The molecule has 128 valence electrons. The van der Waals surface area contributed by atoms with Gasteiger partial charge in [-0.2, -0.15) is 0 Å². The number of halogens is 1. The topological polar surface area (TPSA) is 84.3 Å². The highest BCUT2D eigenvalue weighted by atomic mass is 19.1. The fourth-order valence-electron chi connectivity index (χ4n) is 2.04. The molecule has 0 aliphatic carbocycles. The summed E-state index contributed by atoms with van der Waals surface area (Å²) in [4.78, 5) is 20.1. The number of ether oxygens (including phenoxy) is 1. The maximum Gasteiger partial charge on any atom is 0.408 e. The number of aliphatic hydroxyl groups is 1. The lowest BCUT2D eigenvalue weighted by Crippen LogP contribution is -2.37. The van der Waals surface area contributed by atoms with Crippen molar-refractivity contribution in [1.82, 2.24) is 15.3 Å². The highest BCUT2D eigenvalue weighted by Crippen LogP contribution is 2.27. The van der Waals surface area contributed by atoms with Gasteiger partial charge in [-0.15, -0.1) is 0 Å². The van der Waals surface area contributed by atoms with Crippen LogP contribution < -0.4 is 5.32 Å². The van der Waals surface area contributed by atoms with Crippen molar-refractivity contribution >= 4 is 6.09 Å². The molecule has 6 nitrogen and oxygen atoms in total. The number of carbonyl (C=O) groups excluding carboxylic acids is 1. The van der Waals surface area contributed by atoms with E-state index < -0.39 is 29.7 Å². The van der Waals surface area contributed by atoms with Gasteiger partial charge in [0.25, 0.3) is 0 Å². The Morgan fingerprint density at radius 1 is 1.21 bits per heavy atom. The molecule has 2 aromatic heterocycles. The van der Waals surface area contributed by atoms with Crippen LogP contribution in [0.25, 0.3) is 0 Å². The zero-order valence-electron chi connectivity index (χ0n) is 13.7. The second kappa shape index (κ2) is 7.35. The Hall–Kier alpha value is -2.54. The van der Waals surface area contributed by atoms with E-state index in [1.807, 2.05) is 0 Å². The van der Waals surface area contributed by atoms with Gasteiger partial charge < -0.3 is 15.2 Å². The highest BCUT2D eigenvalue weighted by Gasteiger charge is 2.28. The van der Waals surface area contributed by atoms with Crippen LogP contribution in [0.4, 0.5) is 9.18 Å². The van der Waals surface area contributed by atoms with E-state index in [1.165, 1.54) is 12.1 Å². The van der Waals surface area contributed by atoms with E-state index in [2.05, 4.69) is 15.3 Å². The molecule has 0 radical (unpaired) electrons. The molecule has 2 atom stereocenters. The Morgan fingerprint density at radius 2 is 1.96 bits per heavy atom. The number of aliphatic hydroxyl groups excluding tert-OH is 1. The van der Waals surface area contributed by atoms with Gasteiger partial charge in [0.2, 0.25) is 0 Å². The van der Waals surface area contributed by atoms with Gasteiger partial charge in [-0.05, 0) is 45.0 Å². The van der Waals surface area contributed by atoms with Crippen LogP contribution in [0.5, 0.6) is 0 Å².